The van der Waals surface area contributed by atoms with Gasteiger partial charge in [-0.2, -0.15) is 0 Å². The number of aliphatic hydroxyl groups is 5. The number of ether oxygens (including phenoxy) is 3. The summed E-state index contributed by atoms with van der Waals surface area (Å²) in [6.07, 6.45) is 88.5. The minimum absolute atomic E-state index is 0.0182. The van der Waals surface area contributed by atoms with Crippen molar-refractivity contribution in [1.82, 2.24) is 5.32 Å². The van der Waals surface area contributed by atoms with Crippen molar-refractivity contribution >= 4 is 11.9 Å². The lowest BCUT2D eigenvalue weighted by Gasteiger charge is -2.40. The second-order valence-electron chi connectivity index (χ2n) is 28.5. The van der Waals surface area contributed by atoms with E-state index in [-0.39, 0.29) is 18.5 Å². The van der Waals surface area contributed by atoms with Gasteiger partial charge in [0.2, 0.25) is 5.91 Å². The standard InChI is InChI=1S/C84H155NO10/c1-3-5-7-9-11-13-15-17-18-45-48-52-56-60-64-68-72-80(89)93-73-69-65-61-57-53-49-46-43-41-39-37-35-33-31-29-27-25-23-21-19-20-22-24-26-28-30-32-34-36-38-40-42-44-47-51-55-59-63-67-71-79(88)85-76(75-94-84-83(92)82(91)81(90)78(74-86)95-84)77(87)70-66-62-58-54-50-16-14-12-10-8-6-4-2/h10,12,19-20,23,25,50,54,66,70,76-78,81-84,86-87,90-92H,3-9,11,13-18,21-22,24,26-49,51-53,55-65,67-69,71-75H2,1-2H3,(H,85,88)/b12-10+,20-19-,25-23-,54-50+,70-66+. The van der Waals surface area contributed by atoms with Crippen LogP contribution in [0.1, 0.15) is 399 Å². The molecule has 1 saturated heterocycles. The van der Waals surface area contributed by atoms with Crippen LogP contribution in [-0.2, 0) is 23.8 Å². The van der Waals surface area contributed by atoms with E-state index in [1.807, 2.05) is 6.08 Å². The minimum atomic E-state index is -1.58. The second-order valence-corrected chi connectivity index (χ2v) is 28.5. The number of amides is 1. The Bertz CT molecular complexity index is 1770. The van der Waals surface area contributed by atoms with E-state index in [1.54, 1.807) is 6.08 Å². The number of aliphatic hydroxyl groups excluding tert-OH is 5. The Hall–Kier alpha value is -2.64. The van der Waals surface area contributed by atoms with Gasteiger partial charge in [0.15, 0.2) is 6.29 Å². The molecular weight excluding hydrogens is 1180 g/mol. The number of rotatable bonds is 73. The number of allylic oxidation sites excluding steroid dienone is 9. The van der Waals surface area contributed by atoms with Crippen molar-refractivity contribution in [2.45, 2.75) is 442 Å². The highest BCUT2D eigenvalue weighted by atomic mass is 16.7. The van der Waals surface area contributed by atoms with Crippen LogP contribution in [0.15, 0.2) is 60.8 Å². The van der Waals surface area contributed by atoms with Crippen LogP contribution in [0.3, 0.4) is 0 Å². The van der Waals surface area contributed by atoms with Crippen molar-refractivity contribution < 1.29 is 49.3 Å². The maximum absolute atomic E-state index is 13.1. The van der Waals surface area contributed by atoms with Gasteiger partial charge in [0.1, 0.15) is 24.4 Å². The first-order valence-corrected chi connectivity index (χ1v) is 41.1. The molecule has 0 aliphatic carbocycles. The maximum Gasteiger partial charge on any atom is 0.305 e. The molecule has 0 aromatic heterocycles. The summed E-state index contributed by atoms with van der Waals surface area (Å²) in [4.78, 5) is 25.2. The number of unbranched alkanes of at least 4 members (excludes halogenated alkanes) is 51. The smallest absolute Gasteiger partial charge is 0.305 e. The molecule has 556 valence electrons. The lowest BCUT2D eigenvalue weighted by Crippen LogP contribution is -2.60. The van der Waals surface area contributed by atoms with Gasteiger partial charge in [-0.15, -0.1) is 0 Å². The molecular formula is C84H155NO10. The molecule has 0 spiro atoms. The van der Waals surface area contributed by atoms with Crippen molar-refractivity contribution in [3.63, 3.8) is 0 Å². The van der Waals surface area contributed by atoms with Crippen LogP contribution >= 0.6 is 0 Å². The lowest BCUT2D eigenvalue weighted by molar-refractivity contribution is -0.302. The molecule has 11 nitrogen and oxygen atoms in total. The van der Waals surface area contributed by atoms with Gasteiger partial charge in [0, 0.05) is 12.8 Å². The molecule has 0 radical (unpaired) electrons. The SMILES string of the molecule is CCCC/C=C/CC/C=C/CC/C=C/C(O)C(COC1OC(CO)C(O)C(O)C1O)NC(=O)CCCCCCCCCCCCCCCCCCC/C=C\C/C=C\CCCCCCCCCCCCCCCCCOC(=O)CCCCCCCCCCCCCCCCCC. The fraction of sp³-hybridized carbons (Fsp3) is 0.857. The number of hydrogen-bond acceptors (Lipinski definition) is 10. The fourth-order valence-electron chi connectivity index (χ4n) is 12.9. The largest absolute Gasteiger partial charge is 0.466 e. The highest BCUT2D eigenvalue weighted by Crippen LogP contribution is 2.24. The summed E-state index contributed by atoms with van der Waals surface area (Å²) in [5.41, 5.74) is 0. The molecule has 0 aromatic rings. The Morgan fingerprint density at radius 3 is 1.14 bits per heavy atom. The third-order valence-electron chi connectivity index (χ3n) is 19.3. The van der Waals surface area contributed by atoms with Crippen LogP contribution in [0, 0.1) is 0 Å². The topological polar surface area (TPSA) is 175 Å². The van der Waals surface area contributed by atoms with E-state index in [4.69, 9.17) is 14.2 Å². The number of nitrogens with one attached hydrogen (secondary N) is 1. The van der Waals surface area contributed by atoms with Gasteiger partial charge in [-0.3, -0.25) is 9.59 Å². The first-order valence-electron chi connectivity index (χ1n) is 41.1. The van der Waals surface area contributed by atoms with E-state index >= 15 is 0 Å². The molecule has 0 aromatic carbocycles. The fourth-order valence-corrected chi connectivity index (χ4v) is 12.9. The third kappa shape index (κ3) is 61.0. The molecule has 1 fully saturated rings. The normalized spacial score (nSPS) is 17.7. The van der Waals surface area contributed by atoms with Gasteiger partial charge >= 0.3 is 5.97 Å². The Balaban J connectivity index is 1.89. The zero-order chi connectivity index (χ0) is 68.6. The van der Waals surface area contributed by atoms with Crippen molar-refractivity contribution in [3.8, 4) is 0 Å². The Kier molecular flexibility index (Phi) is 69.1. The molecule has 95 heavy (non-hydrogen) atoms. The number of carbonyl (C=O) groups excluding carboxylic acids is 2. The first kappa shape index (κ1) is 90.4. The molecule has 7 unspecified atom stereocenters. The minimum Gasteiger partial charge on any atom is -0.466 e. The summed E-state index contributed by atoms with van der Waals surface area (Å²) < 4.78 is 16.8. The zero-order valence-electron chi connectivity index (χ0n) is 62.1. The summed E-state index contributed by atoms with van der Waals surface area (Å²) in [5, 5.41) is 54.5. The quantitative estimate of drug-likeness (QED) is 0.0195. The molecule has 7 atom stereocenters. The summed E-state index contributed by atoms with van der Waals surface area (Å²) in [5.74, 6) is -0.175. The highest BCUT2D eigenvalue weighted by Gasteiger charge is 2.44. The van der Waals surface area contributed by atoms with Gasteiger partial charge < -0.3 is 45.1 Å². The summed E-state index contributed by atoms with van der Waals surface area (Å²) in [6, 6.07) is -0.833. The predicted molar refractivity (Wildman–Crippen MR) is 403 cm³/mol. The molecule has 1 aliphatic heterocycles. The third-order valence-corrected chi connectivity index (χ3v) is 19.3. The first-order chi connectivity index (χ1) is 46.7. The molecule has 11 heteroatoms. The number of carbonyl (C=O) groups is 2. The van der Waals surface area contributed by atoms with Gasteiger partial charge in [0.05, 0.1) is 32.0 Å². The van der Waals surface area contributed by atoms with Gasteiger partial charge in [0.25, 0.3) is 0 Å². The summed E-state index contributed by atoms with van der Waals surface area (Å²) >= 11 is 0. The van der Waals surface area contributed by atoms with Crippen LogP contribution in [-0.4, -0.2) is 100 Å². The van der Waals surface area contributed by atoms with Crippen LogP contribution in [0.5, 0.6) is 0 Å². The molecule has 1 amide bonds. The van der Waals surface area contributed by atoms with E-state index in [0.717, 1.165) is 70.6 Å². The Morgan fingerprint density at radius 2 is 0.726 bits per heavy atom. The zero-order valence-corrected chi connectivity index (χ0v) is 62.1. The van der Waals surface area contributed by atoms with Gasteiger partial charge in [-0.1, -0.05) is 364 Å². The van der Waals surface area contributed by atoms with Crippen molar-refractivity contribution in [1.29, 1.82) is 0 Å². The molecule has 6 N–H and O–H groups in total. The maximum atomic E-state index is 13.1. The van der Waals surface area contributed by atoms with Crippen LogP contribution < -0.4 is 5.32 Å². The van der Waals surface area contributed by atoms with E-state index in [9.17, 15) is 35.1 Å². The molecule has 0 saturated carbocycles. The average Bonchev–Trinajstić information content (AvgIpc) is 0.850. The van der Waals surface area contributed by atoms with Gasteiger partial charge in [-0.25, -0.2) is 0 Å². The summed E-state index contributed by atoms with van der Waals surface area (Å²) in [6.45, 7) is 4.32. The van der Waals surface area contributed by atoms with E-state index in [1.165, 1.54) is 302 Å². The number of hydrogen-bond donors (Lipinski definition) is 6. The second kappa shape index (κ2) is 72.6. The van der Waals surface area contributed by atoms with Crippen molar-refractivity contribution in [3.05, 3.63) is 60.8 Å². The molecule has 0 bridgehead atoms. The van der Waals surface area contributed by atoms with Crippen LogP contribution in [0.4, 0.5) is 0 Å². The Labute approximate surface area is 586 Å². The van der Waals surface area contributed by atoms with Crippen LogP contribution in [0.2, 0.25) is 0 Å². The van der Waals surface area contributed by atoms with Gasteiger partial charge in [-0.05, 0) is 83.5 Å². The number of esters is 1. The van der Waals surface area contributed by atoms with E-state index in [2.05, 4.69) is 67.8 Å². The van der Waals surface area contributed by atoms with E-state index in [0.29, 0.717) is 19.4 Å². The predicted octanol–water partition coefficient (Wildman–Crippen LogP) is 22.4. The molecule has 1 rings (SSSR count). The highest BCUT2D eigenvalue weighted by molar-refractivity contribution is 5.76. The van der Waals surface area contributed by atoms with Crippen molar-refractivity contribution in [2.24, 2.45) is 0 Å². The monoisotopic (exact) mass is 1340 g/mol. The van der Waals surface area contributed by atoms with E-state index < -0.39 is 49.5 Å². The Morgan fingerprint density at radius 1 is 0.389 bits per heavy atom. The molecule has 1 aliphatic rings. The molecule has 1 heterocycles. The summed E-state index contributed by atoms with van der Waals surface area (Å²) in [7, 11) is 0. The lowest BCUT2D eigenvalue weighted by atomic mass is 9.99. The van der Waals surface area contributed by atoms with Crippen molar-refractivity contribution in [2.75, 3.05) is 19.8 Å². The average molecular weight is 1340 g/mol. The van der Waals surface area contributed by atoms with Crippen LogP contribution in [0.25, 0.3) is 0 Å².